The standard InChI is InChI=1S/C18H22FNO/c1-13(11-15-7-9-17(19)10-8-15)20-14(2)16-5-4-6-18(12-16)21-3/h4-10,12-14,20H,11H2,1-3H3/t13?,14-/m0/s1. The fourth-order valence-corrected chi connectivity index (χ4v) is 2.47. The van der Waals surface area contributed by atoms with Gasteiger partial charge in [-0.05, 0) is 55.7 Å². The summed E-state index contributed by atoms with van der Waals surface area (Å²) in [6.07, 6.45) is 0.870. The van der Waals surface area contributed by atoms with Crippen molar-refractivity contribution in [2.45, 2.75) is 32.4 Å². The van der Waals surface area contributed by atoms with E-state index >= 15 is 0 Å². The lowest BCUT2D eigenvalue weighted by atomic mass is 10.0. The van der Waals surface area contributed by atoms with Gasteiger partial charge in [0.25, 0.3) is 0 Å². The summed E-state index contributed by atoms with van der Waals surface area (Å²) in [4.78, 5) is 0. The fraction of sp³-hybridized carbons (Fsp3) is 0.333. The van der Waals surface area contributed by atoms with Crippen molar-refractivity contribution < 1.29 is 9.13 Å². The highest BCUT2D eigenvalue weighted by Gasteiger charge is 2.10. The molecule has 112 valence electrons. The molecule has 3 heteroatoms. The van der Waals surface area contributed by atoms with Crippen molar-refractivity contribution in [3.05, 3.63) is 65.5 Å². The Morgan fingerprint density at radius 2 is 1.81 bits per heavy atom. The molecule has 0 aliphatic heterocycles. The highest BCUT2D eigenvalue weighted by atomic mass is 19.1. The second-order valence-corrected chi connectivity index (χ2v) is 5.40. The van der Waals surface area contributed by atoms with Gasteiger partial charge in [0.05, 0.1) is 7.11 Å². The summed E-state index contributed by atoms with van der Waals surface area (Å²) in [5, 5.41) is 3.56. The summed E-state index contributed by atoms with van der Waals surface area (Å²) in [7, 11) is 1.67. The van der Waals surface area contributed by atoms with Crippen LogP contribution in [0.15, 0.2) is 48.5 Å². The van der Waals surface area contributed by atoms with Crippen LogP contribution in [0.25, 0.3) is 0 Å². The molecule has 0 aliphatic carbocycles. The van der Waals surface area contributed by atoms with Crippen molar-refractivity contribution in [2.24, 2.45) is 0 Å². The van der Waals surface area contributed by atoms with Crippen LogP contribution in [-0.4, -0.2) is 13.2 Å². The van der Waals surface area contributed by atoms with Gasteiger partial charge in [-0.3, -0.25) is 0 Å². The van der Waals surface area contributed by atoms with Crippen LogP contribution in [0.2, 0.25) is 0 Å². The maximum Gasteiger partial charge on any atom is 0.123 e. The molecule has 2 atom stereocenters. The number of ether oxygens (including phenoxy) is 1. The molecule has 0 amide bonds. The molecule has 0 aliphatic rings. The summed E-state index contributed by atoms with van der Waals surface area (Å²) in [6, 6.07) is 15.3. The molecular weight excluding hydrogens is 265 g/mol. The number of rotatable bonds is 6. The van der Waals surface area contributed by atoms with Crippen LogP contribution in [0.1, 0.15) is 31.0 Å². The van der Waals surface area contributed by atoms with Crippen molar-refractivity contribution in [3.63, 3.8) is 0 Å². The van der Waals surface area contributed by atoms with Gasteiger partial charge in [-0.15, -0.1) is 0 Å². The van der Waals surface area contributed by atoms with E-state index in [1.54, 1.807) is 7.11 Å². The second-order valence-electron chi connectivity index (χ2n) is 5.40. The molecular formula is C18H22FNO. The number of benzene rings is 2. The van der Waals surface area contributed by atoms with E-state index in [4.69, 9.17) is 4.74 Å². The van der Waals surface area contributed by atoms with Crippen LogP contribution in [-0.2, 0) is 6.42 Å². The smallest absolute Gasteiger partial charge is 0.123 e. The van der Waals surface area contributed by atoms with E-state index < -0.39 is 0 Å². The van der Waals surface area contributed by atoms with Crippen molar-refractivity contribution in [2.75, 3.05) is 7.11 Å². The van der Waals surface area contributed by atoms with Crippen LogP contribution >= 0.6 is 0 Å². The number of hydrogen-bond acceptors (Lipinski definition) is 2. The van der Waals surface area contributed by atoms with Crippen molar-refractivity contribution >= 4 is 0 Å². The van der Waals surface area contributed by atoms with E-state index in [0.29, 0.717) is 6.04 Å². The first-order valence-corrected chi connectivity index (χ1v) is 7.23. The molecule has 0 fully saturated rings. The van der Waals surface area contributed by atoms with Crippen molar-refractivity contribution in [1.82, 2.24) is 5.32 Å². The Hall–Kier alpha value is -1.87. The van der Waals surface area contributed by atoms with E-state index in [1.165, 1.54) is 17.7 Å². The van der Waals surface area contributed by atoms with Gasteiger partial charge in [-0.1, -0.05) is 24.3 Å². The summed E-state index contributed by atoms with van der Waals surface area (Å²) in [6.45, 7) is 4.27. The van der Waals surface area contributed by atoms with E-state index in [1.807, 2.05) is 30.3 Å². The molecule has 0 saturated heterocycles. The lowest BCUT2D eigenvalue weighted by Gasteiger charge is -2.21. The van der Waals surface area contributed by atoms with Gasteiger partial charge in [0.2, 0.25) is 0 Å². The Kier molecular flexibility index (Phi) is 5.34. The predicted octanol–water partition coefficient (Wildman–Crippen LogP) is 4.12. The maximum atomic E-state index is 12.9. The van der Waals surface area contributed by atoms with Crippen LogP contribution in [0.4, 0.5) is 4.39 Å². The maximum absolute atomic E-state index is 12.9. The highest BCUT2D eigenvalue weighted by molar-refractivity contribution is 5.30. The lowest BCUT2D eigenvalue weighted by Crippen LogP contribution is -2.30. The fourth-order valence-electron chi connectivity index (χ4n) is 2.47. The van der Waals surface area contributed by atoms with Gasteiger partial charge in [0, 0.05) is 12.1 Å². The number of halogens is 1. The van der Waals surface area contributed by atoms with E-state index in [2.05, 4.69) is 25.2 Å². The normalized spacial score (nSPS) is 13.7. The zero-order valence-corrected chi connectivity index (χ0v) is 12.8. The molecule has 2 rings (SSSR count). The van der Waals surface area contributed by atoms with Crippen LogP contribution < -0.4 is 10.1 Å². The Bertz CT molecular complexity index is 568. The summed E-state index contributed by atoms with van der Waals surface area (Å²) in [5.74, 6) is 0.677. The molecule has 0 radical (unpaired) electrons. The SMILES string of the molecule is COc1cccc([C@H](C)NC(C)Cc2ccc(F)cc2)c1. The highest BCUT2D eigenvalue weighted by Crippen LogP contribution is 2.19. The number of methoxy groups -OCH3 is 1. The lowest BCUT2D eigenvalue weighted by molar-refractivity contribution is 0.412. The van der Waals surface area contributed by atoms with Gasteiger partial charge in [-0.2, -0.15) is 0 Å². The molecule has 1 N–H and O–H groups in total. The monoisotopic (exact) mass is 287 g/mol. The van der Waals surface area contributed by atoms with Gasteiger partial charge in [0.1, 0.15) is 11.6 Å². The third kappa shape index (κ3) is 4.57. The topological polar surface area (TPSA) is 21.3 Å². The Labute approximate surface area is 126 Å². The van der Waals surface area contributed by atoms with Crippen LogP contribution in [0.5, 0.6) is 5.75 Å². The average molecular weight is 287 g/mol. The van der Waals surface area contributed by atoms with Gasteiger partial charge in [-0.25, -0.2) is 4.39 Å². The molecule has 0 bridgehead atoms. The summed E-state index contributed by atoms with van der Waals surface area (Å²) < 4.78 is 18.2. The summed E-state index contributed by atoms with van der Waals surface area (Å²) >= 11 is 0. The molecule has 2 nitrogen and oxygen atoms in total. The molecule has 2 aromatic carbocycles. The predicted molar refractivity (Wildman–Crippen MR) is 84.1 cm³/mol. The molecule has 0 saturated carbocycles. The second kappa shape index (κ2) is 7.23. The van der Waals surface area contributed by atoms with Gasteiger partial charge < -0.3 is 10.1 Å². The van der Waals surface area contributed by atoms with E-state index in [9.17, 15) is 4.39 Å². The molecule has 21 heavy (non-hydrogen) atoms. The largest absolute Gasteiger partial charge is 0.497 e. The third-order valence-corrected chi connectivity index (χ3v) is 3.58. The quantitative estimate of drug-likeness (QED) is 0.863. The molecule has 0 heterocycles. The number of nitrogens with one attached hydrogen (secondary N) is 1. The molecule has 1 unspecified atom stereocenters. The van der Waals surface area contributed by atoms with E-state index in [-0.39, 0.29) is 11.9 Å². The minimum Gasteiger partial charge on any atom is -0.497 e. The first kappa shape index (κ1) is 15.5. The first-order valence-electron chi connectivity index (χ1n) is 7.23. The molecule has 0 aromatic heterocycles. The Morgan fingerprint density at radius 3 is 2.48 bits per heavy atom. The Balaban J connectivity index is 1.94. The van der Waals surface area contributed by atoms with Crippen LogP contribution in [0.3, 0.4) is 0 Å². The molecule has 2 aromatic rings. The average Bonchev–Trinajstić information content (AvgIpc) is 2.49. The van der Waals surface area contributed by atoms with Crippen molar-refractivity contribution in [1.29, 1.82) is 0 Å². The minimum absolute atomic E-state index is 0.191. The van der Waals surface area contributed by atoms with Crippen LogP contribution in [0, 0.1) is 5.82 Å². The van der Waals surface area contributed by atoms with E-state index in [0.717, 1.165) is 17.7 Å². The van der Waals surface area contributed by atoms with Gasteiger partial charge in [0.15, 0.2) is 0 Å². The summed E-state index contributed by atoms with van der Waals surface area (Å²) in [5.41, 5.74) is 2.33. The zero-order valence-electron chi connectivity index (χ0n) is 12.8. The van der Waals surface area contributed by atoms with Crippen molar-refractivity contribution in [3.8, 4) is 5.75 Å². The minimum atomic E-state index is -0.191. The number of hydrogen-bond donors (Lipinski definition) is 1. The first-order chi connectivity index (χ1) is 10.1. The van der Waals surface area contributed by atoms with Gasteiger partial charge >= 0.3 is 0 Å². The Morgan fingerprint density at radius 1 is 1.10 bits per heavy atom. The zero-order chi connectivity index (χ0) is 15.2. The molecule has 0 spiro atoms. The third-order valence-electron chi connectivity index (χ3n) is 3.58.